The summed E-state index contributed by atoms with van der Waals surface area (Å²) in [5.74, 6) is 0.246. The Kier molecular flexibility index (Phi) is 4.90. The number of hydrogen-bond donors (Lipinski definition) is 2. The molecule has 0 aliphatic carbocycles. The lowest BCUT2D eigenvalue weighted by Gasteiger charge is -2.14. The van der Waals surface area contributed by atoms with Gasteiger partial charge in [0, 0.05) is 0 Å². The molecule has 0 spiro atoms. The normalized spacial score (nSPS) is 12.5. The first-order valence-corrected chi connectivity index (χ1v) is 5.81. The SMILES string of the molecule is CCCC(O)c1cc(Cl)c(O)c(OCC)c1. The van der Waals surface area contributed by atoms with E-state index in [1.165, 1.54) is 0 Å². The van der Waals surface area contributed by atoms with Gasteiger partial charge in [0.2, 0.25) is 0 Å². The Morgan fingerprint density at radius 1 is 1.38 bits per heavy atom. The number of phenolic OH excluding ortho intramolecular Hbond substituents is 1. The molecule has 0 aliphatic heterocycles. The zero-order chi connectivity index (χ0) is 12.1. The molecule has 2 N–H and O–H groups in total. The summed E-state index contributed by atoms with van der Waals surface area (Å²) in [5, 5.41) is 19.7. The van der Waals surface area contributed by atoms with Crippen molar-refractivity contribution in [2.45, 2.75) is 32.8 Å². The van der Waals surface area contributed by atoms with Crippen LogP contribution >= 0.6 is 11.6 Å². The van der Waals surface area contributed by atoms with Gasteiger partial charge in [-0.15, -0.1) is 0 Å². The predicted molar refractivity (Wildman–Crippen MR) is 64.2 cm³/mol. The number of halogens is 1. The van der Waals surface area contributed by atoms with Crippen molar-refractivity contribution < 1.29 is 14.9 Å². The van der Waals surface area contributed by atoms with Gasteiger partial charge in [-0.3, -0.25) is 0 Å². The predicted octanol–water partition coefficient (Wildman–Crippen LogP) is 3.28. The molecular formula is C12H17ClO3. The molecule has 0 heterocycles. The smallest absolute Gasteiger partial charge is 0.176 e. The molecule has 0 aromatic heterocycles. The second kappa shape index (κ2) is 5.97. The maximum atomic E-state index is 9.83. The van der Waals surface area contributed by atoms with E-state index in [0.29, 0.717) is 24.3 Å². The zero-order valence-electron chi connectivity index (χ0n) is 9.53. The number of phenols is 1. The monoisotopic (exact) mass is 244 g/mol. The van der Waals surface area contributed by atoms with E-state index < -0.39 is 6.10 Å². The van der Waals surface area contributed by atoms with Gasteiger partial charge in [-0.25, -0.2) is 0 Å². The molecule has 0 saturated heterocycles. The minimum Gasteiger partial charge on any atom is -0.503 e. The third-order valence-corrected chi connectivity index (χ3v) is 2.59. The van der Waals surface area contributed by atoms with E-state index in [0.717, 1.165) is 6.42 Å². The fourth-order valence-corrected chi connectivity index (χ4v) is 1.71. The molecule has 16 heavy (non-hydrogen) atoms. The van der Waals surface area contributed by atoms with E-state index in [-0.39, 0.29) is 10.8 Å². The van der Waals surface area contributed by atoms with Gasteiger partial charge >= 0.3 is 0 Å². The zero-order valence-corrected chi connectivity index (χ0v) is 10.3. The van der Waals surface area contributed by atoms with Crippen molar-refractivity contribution in [1.29, 1.82) is 0 Å². The minimum atomic E-state index is -0.567. The van der Waals surface area contributed by atoms with Crippen molar-refractivity contribution in [2.75, 3.05) is 6.61 Å². The summed E-state index contributed by atoms with van der Waals surface area (Å²) in [6.45, 7) is 4.26. The van der Waals surface area contributed by atoms with Gasteiger partial charge in [0.1, 0.15) is 0 Å². The number of hydrogen-bond acceptors (Lipinski definition) is 3. The van der Waals surface area contributed by atoms with Crippen molar-refractivity contribution in [3.63, 3.8) is 0 Å². The van der Waals surface area contributed by atoms with Crippen molar-refractivity contribution >= 4 is 11.6 Å². The number of aromatic hydroxyl groups is 1. The van der Waals surface area contributed by atoms with E-state index in [4.69, 9.17) is 16.3 Å². The quantitative estimate of drug-likeness (QED) is 0.836. The first kappa shape index (κ1) is 13.1. The topological polar surface area (TPSA) is 49.7 Å². The first-order chi connectivity index (χ1) is 7.60. The molecule has 0 aliphatic rings. The molecule has 1 aromatic rings. The van der Waals surface area contributed by atoms with Gasteiger partial charge in [-0.2, -0.15) is 0 Å². The fourth-order valence-electron chi connectivity index (χ4n) is 1.49. The van der Waals surface area contributed by atoms with Crippen LogP contribution in [0.4, 0.5) is 0 Å². The summed E-state index contributed by atoms with van der Waals surface area (Å²) < 4.78 is 5.24. The van der Waals surface area contributed by atoms with Crippen molar-refractivity contribution in [2.24, 2.45) is 0 Å². The third kappa shape index (κ3) is 3.03. The Morgan fingerprint density at radius 3 is 2.62 bits per heavy atom. The number of ether oxygens (including phenoxy) is 1. The summed E-state index contributed by atoms with van der Waals surface area (Å²) in [4.78, 5) is 0. The summed E-state index contributed by atoms with van der Waals surface area (Å²) >= 11 is 5.86. The summed E-state index contributed by atoms with van der Waals surface area (Å²) in [6.07, 6.45) is 0.971. The fraction of sp³-hybridized carbons (Fsp3) is 0.500. The third-order valence-electron chi connectivity index (χ3n) is 2.30. The van der Waals surface area contributed by atoms with Crippen molar-refractivity contribution in [1.82, 2.24) is 0 Å². The highest BCUT2D eigenvalue weighted by molar-refractivity contribution is 6.32. The minimum absolute atomic E-state index is 0.0732. The van der Waals surface area contributed by atoms with Crippen molar-refractivity contribution in [3.8, 4) is 11.5 Å². The molecule has 90 valence electrons. The molecule has 0 saturated carbocycles. The van der Waals surface area contributed by atoms with E-state index in [9.17, 15) is 10.2 Å². The van der Waals surface area contributed by atoms with Gasteiger partial charge in [-0.05, 0) is 31.0 Å². The average Bonchev–Trinajstić information content (AvgIpc) is 2.25. The highest BCUT2D eigenvalue weighted by Gasteiger charge is 2.14. The molecular weight excluding hydrogens is 228 g/mol. The second-order valence-electron chi connectivity index (χ2n) is 3.59. The first-order valence-electron chi connectivity index (χ1n) is 5.43. The number of aliphatic hydroxyl groups excluding tert-OH is 1. The van der Waals surface area contributed by atoms with Crippen LogP contribution in [-0.2, 0) is 0 Å². The number of rotatable bonds is 5. The van der Waals surface area contributed by atoms with Crippen LogP contribution in [-0.4, -0.2) is 16.8 Å². The standard InChI is InChI=1S/C12H17ClO3/c1-3-5-10(14)8-6-9(13)12(15)11(7-8)16-4-2/h6-7,10,14-15H,3-5H2,1-2H3. The Hall–Kier alpha value is -0.930. The van der Waals surface area contributed by atoms with Crippen molar-refractivity contribution in [3.05, 3.63) is 22.7 Å². The van der Waals surface area contributed by atoms with Crippen LogP contribution in [0.1, 0.15) is 38.4 Å². The Morgan fingerprint density at radius 2 is 2.06 bits per heavy atom. The summed E-state index contributed by atoms with van der Waals surface area (Å²) in [5.41, 5.74) is 0.674. The summed E-state index contributed by atoms with van der Waals surface area (Å²) in [6, 6.07) is 3.20. The molecule has 0 radical (unpaired) electrons. The van der Waals surface area contributed by atoms with Crippen LogP contribution in [0.5, 0.6) is 11.5 Å². The second-order valence-corrected chi connectivity index (χ2v) is 3.99. The summed E-state index contributed by atoms with van der Waals surface area (Å²) in [7, 11) is 0. The lowest BCUT2D eigenvalue weighted by molar-refractivity contribution is 0.166. The molecule has 0 bridgehead atoms. The molecule has 1 unspecified atom stereocenters. The molecule has 1 atom stereocenters. The molecule has 0 fully saturated rings. The van der Waals surface area contributed by atoms with Crippen LogP contribution in [0.25, 0.3) is 0 Å². The van der Waals surface area contributed by atoms with Crippen LogP contribution < -0.4 is 4.74 Å². The maximum Gasteiger partial charge on any atom is 0.176 e. The maximum absolute atomic E-state index is 9.83. The molecule has 1 rings (SSSR count). The van der Waals surface area contributed by atoms with E-state index >= 15 is 0 Å². The Labute approximate surface area is 101 Å². The lowest BCUT2D eigenvalue weighted by Crippen LogP contribution is -1.99. The number of benzene rings is 1. The van der Waals surface area contributed by atoms with E-state index in [1.807, 2.05) is 13.8 Å². The van der Waals surface area contributed by atoms with E-state index in [2.05, 4.69) is 0 Å². The van der Waals surface area contributed by atoms with Crippen LogP contribution in [0.3, 0.4) is 0 Å². The lowest BCUT2D eigenvalue weighted by atomic mass is 10.0. The highest BCUT2D eigenvalue weighted by atomic mass is 35.5. The largest absolute Gasteiger partial charge is 0.503 e. The average molecular weight is 245 g/mol. The Bertz CT molecular complexity index is 352. The van der Waals surface area contributed by atoms with Gasteiger partial charge in [0.15, 0.2) is 11.5 Å². The highest BCUT2D eigenvalue weighted by Crippen LogP contribution is 2.37. The molecule has 1 aromatic carbocycles. The molecule has 4 heteroatoms. The van der Waals surface area contributed by atoms with Crippen LogP contribution in [0.15, 0.2) is 12.1 Å². The van der Waals surface area contributed by atoms with Gasteiger partial charge < -0.3 is 14.9 Å². The van der Waals surface area contributed by atoms with Gasteiger partial charge in [0.05, 0.1) is 17.7 Å². The van der Waals surface area contributed by atoms with Crippen LogP contribution in [0, 0.1) is 0 Å². The Balaban J connectivity index is 3.03. The van der Waals surface area contributed by atoms with E-state index in [1.54, 1.807) is 12.1 Å². The number of aliphatic hydroxyl groups is 1. The molecule has 3 nitrogen and oxygen atoms in total. The van der Waals surface area contributed by atoms with Gasteiger partial charge in [0.25, 0.3) is 0 Å². The van der Waals surface area contributed by atoms with Gasteiger partial charge in [-0.1, -0.05) is 24.9 Å². The molecule has 0 amide bonds. The van der Waals surface area contributed by atoms with Crippen LogP contribution in [0.2, 0.25) is 5.02 Å².